The minimum Gasteiger partial charge on any atom is -0.494 e. The normalized spacial score (nSPS) is 14.6. The number of anilines is 1. The molecular weight excluding hydrogens is 396 g/mol. The number of nitrogens with zero attached hydrogens (tertiary/aromatic N) is 4. The van der Waals surface area contributed by atoms with E-state index in [2.05, 4.69) is 20.6 Å². The highest BCUT2D eigenvalue weighted by atomic mass is 16.5. The van der Waals surface area contributed by atoms with Gasteiger partial charge in [-0.2, -0.15) is 5.10 Å². The van der Waals surface area contributed by atoms with Crippen LogP contribution in [0.4, 0.5) is 5.69 Å². The Labute approximate surface area is 178 Å². The number of carbonyl (C=O) groups is 1. The van der Waals surface area contributed by atoms with Gasteiger partial charge in [-0.05, 0) is 44.1 Å². The summed E-state index contributed by atoms with van der Waals surface area (Å²) in [6.45, 7) is 1.98. The number of hydrogen-bond donors (Lipinski definition) is 2. The maximum Gasteiger partial charge on any atom is 0.277 e. The Kier molecular flexibility index (Phi) is 5.09. The standard InChI is InChI=1S/C22H22N6O3/c1-30-20-11-17-15(12-28(27-17)16-4-8-24-9-5-16)10-18(20)25-21(29)19-13-31-22(26-19)14-2-6-23-7-3-14/h2-3,6-7,10-13,16,24H,4-5,8-9H2,1H3,(H,25,29). The number of oxazole rings is 1. The van der Waals surface area contributed by atoms with E-state index in [-0.39, 0.29) is 11.6 Å². The average Bonchev–Trinajstić information content (AvgIpc) is 3.47. The summed E-state index contributed by atoms with van der Waals surface area (Å²) in [4.78, 5) is 21.0. The summed E-state index contributed by atoms with van der Waals surface area (Å²) in [5.74, 6) is 0.514. The summed E-state index contributed by atoms with van der Waals surface area (Å²) in [5.41, 5.74) is 2.31. The fraction of sp³-hybridized carbons (Fsp3) is 0.273. The molecule has 1 saturated heterocycles. The predicted octanol–water partition coefficient (Wildman–Crippen LogP) is 3.27. The third-order valence-electron chi connectivity index (χ3n) is 5.44. The van der Waals surface area contributed by atoms with Gasteiger partial charge in [0.15, 0.2) is 5.69 Å². The van der Waals surface area contributed by atoms with Crippen LogP contribution in [0, 0.1) is 0 Å². The Bertz CT molecular complexity index is 1210. The number of pyridine rings is 1. The summed E-state index contributed by atoms with van der Waals surface area (Å²) in [6.07, 6.45) is 8.73. The molecule has 0 unspecified atom stereocenters. The van der Waals surface area contributed by atoms with Crippen molar-refractivity contribution in [3.8, 4) is 17.2 Å². The van der Waals surface area contributed by atoms with Crippen LogP contribution in [0.25, 0.3) is 22.4 Å². The molecule has 4 aromatic rings. The number of amides is 1. The molecule has 5 rings (SSSR count). The number of fused-ring (bicyclic) bond motifs is 1. The van der Waals surface area contributed by atoms with Crippen molar-refractivity contribution in [3.63, 3.8) is 0 Å². The van der Waals surface area contributed by atoms with Crippen LogP contribution in [0.5, 0.6) is 5.75 Å². The van der Waals surface area contributed by atoms with Gasteiger partial charge in [0.2, 0.25) is 5.89 Å². The average molecular weight is 418 g/mol. The molecule has 0 bridgehead atoms. The first-order valence-electron chi connectivity index (χ1n) is 10.2. The number of ether oxygens (including phenoxy) is 1. The molecule has 1 aliphatic rings. The predicted molar refractivity (Wildman–Crippen MR) is 115 cm³/mol. The number of rotatable bonds is 5. The van der Waals surface area contributed by atoms with Gasteiger partial charge in [0.1, 0.15) is 12.0 Å². The Morgan fingerprint density at radius 3 is 2.84 bits per heavy atom. The molecule has 0 spiro atoms. The smallest absolute Gasteiger partial charge is 0.277 e. The molecule has 0 aliphatic carbocycles. The molecule has 0 saturated carbocycles. The molecule has 9 heteroatoms. The first-order valence-corrected chi connectivity index (χ1v) is 10.2. The van der Waals surface area contributed by atoms with Crippen LogP contribution in [0.3, 0.4) is 0 Å². The summed E-state index contributed by atoms with van der Waals surface area (Å²) >= 11 is 0. The summed E-state index contributed by atoms with van der Waals surface area (Å²) in [7, 11) is 1.57. The van der Waals surface area contributed by atoms with E-state index in [1.807, 2.05) is 23.0 Å². The molecule has 1 aliphatic heterocycles. The van der Waals surface area contributed by atoms with E-state index in [1.54, 1.807) is 31.6 Å². The van der Waals surface area contributed by atoms with Crippen LogP contribution in [0.15, 0.2) is 53.5 Å². The van der Waals surface area contributed by atoms with Crippen molar-refractivity contribution in [2.45, 2.75) is 18.9 Å². The topological polar surface area (TPSA) is 107 Å². The fourth-order valence-electron chi connectivity index (χ4n) is 3.79. The van der Waals surface area contributed by atoms with Crippen molar-refractivity contribution in [2.75, 3.05) is 25.5 Å². The molecule has 1 fully saturated rings. The highest BCUT2D eigenvalue weighted by molar-refractivity contribution is 6.05. The van der Waals surface area contributed by atoms with Crippen molar-refractivity contribution in [1.29, 1.82) is 0 Å². The Balaban J connectivity index is 1.40. The molecular formula is C22H22N6O3. The Morgan fingerprint density at radius 1 is 1.26 bits per heavy atom. The molecule has 0 atom stereocenters. The second-order valence-corrected chi connectivity index (χ2v) is 7.43. The third-order valence-corrected chi connectivity index (χ3v) is 5.44. The van der Waals surface area contributed by atoms with E-state index in [4.69, 9.17) is 14.3 Å². The SMILES string of the molecule is COc1cc2nn(C3CCNCC3)cc2cc1NC(=O)c1coc(-c2ccncc2)n1. The van der Waals surface area contributed by atoms with Crippen LogP contribution in [0.2, 0.25) is 0 Å². The zero-order valence-corrected chi connectivity index (χ0v) is 17.0. The number of hydrogen-bond acceptors (Lipinski definition) is 7. The lowest BCUT2D eigenvalue weighted by molar-refractivity contribution is 0.102. The van der Waals surface area contributed by atoms with Crippen LogP contribution in [-0.4, -0.2) is 45.9 Å². The van der Waals surface area contributed by atoms with Crippen LogP contribution >= 0.6 is 0 Å². The van der Waals surface area contributed by atoms with Crippen molar-refractivity contribution in [1.82, 2.24) is 25.1 Å². The van der Waals surface area contributed by atoms with Gasteiger partial charge in [-0.1, -0.05) is 0 Å². The van der Waals surface area contributed by atoms with Crippen molar-refractivity contribution < 1.29 is 13.9 Å². The number of aromatic nitrogens is 4. The second-order valence-electron chi connectivity index (χ2n) is 7.43. The van der Waals surface area contributed by atoms with Gasteiger partial charge < -0.3 is 19.8 Å². The zero-order chi connectivity index (χ0) is 21.2. The molecule has 31 heavy (non-hydrogen) atoms. The van der Waals surface area contributed by atoms with E-state index in [9.17, 15) is 4.79 Å². The maximum atomic E-state index is 12.8. The van der Waals surface area contributed by atoms with Gasteiger partial charge in [0.05, 0.1) is 24.4 Å². The summed E-state index contributed by atoms with van der Waals surface area (Å²) in [6, 6.07) is 7.63. The van der Waals surface area contributed by atoms with Crippen LogP contribution in [-0.2, 0) is 0 Å². The molecule has 9 nitrogen and oxygen atoms in total. The van der Waals surface area contributed by atoms with Gasteiger partial charge in [0, 0.05) is 35.6 Å². The summed E-state index contributed by atoms with van der Waals surface area (Å²) < 4.78 is 13.0. The minimum absolute atomic E-state index is 0.180. The van der Waals surface area contributed by atoms with E-state index in [1.165, 1.54) is 6.26 Å². The van der Waals surface area contributed by atoms with E-state index >= 15 is 0 Å². The molecule has 1 aromatic carbocycles. The van der Waals surface area contributed by atoms with Crippen LogP contribution < -0.4 is 15.4 Å². The highest BCUT2D eigenvalue weighted by Crippen LogP contribution is 2.31. The Morgan fingerprint density at radius 2 is 2.06 bits per heavy atom. The lowest BCUT2D eigenvalue weighted by Gasteiger charge is -2.22. The van der Waals surface area contributed by atoms with Gasteiger partial charge in [-0.3, -0.25) is 14.5 Å². The second kappa shape index (κ2) is 8.19. The number of methoxy groups -OCH3 is 1. The lowest BCUT2D eigenvalue weighted by atomic mass is 10.1. The first kappa shape index (κ1) is 19.3. The van der Waals surface area contributed by atoms with Crippen molar-refractivity contribution in [3.05, 3.63) is 54.8 Å². The van der Waals surface area contributed by atoms with Crippen LogP contribution in [0.1, 0.15) is 29.4 Å². The fourth-order valence-corrected chi connectivity index (χ4v) is 3.79. The largest absolute Gasteiger partial charge is 0.494 e. The molecule has 4 heterocycles. The molecule has 3 aromatic heterocycles. The zero-order valence-electron chi connectivity index (χ0n) is 17.0. The quantitative estimate of drug-likeness (QED) is 0.512. The van der Waals surface area contributed by atoms with Gasteiger partial charge in [-0.15, -0.1) is 0 Å². The molecule has 1 amide bonds. The number of carbonyl (C=O) groups excluding carboxylic acids is 1. The highest BCUT2D eigenvalue weighted by Gasteiger charge is 2.19. The Hall–Kier alpha value is -3.72. The molecule has 0 radical (unpaired) electrons. The van der Waals surface area contributed by atoms with Crippen molar-refractivity contribution in [2.24, 2.45) is 0 Å². The first-order chi connectivity index (χ1) is 15.2. The van der Waals surface area contributed by atoms with E-state index in [0.717, 1.165) is 42.4 Å². The monoisotopic (exact) mass is 418 g/mol. The van der Waals surface area contributed by atoms with Gasteiger partial charge >= 0.3 is 0 Å². The summed E-state index contributed by atoms with van der Waals surface area (Å²) in [5, 5.41) is 11.9. The lowest BCUT2D eigenvalue weighted by Crippen LogP contribution is -2.29. The maximum absolute atomic E-state index is 12.8. The van der Waals surface area contributed by atoms with Gasteiger partial charge in [-0.25, -0.2) is 4.98 Å². The van der Waals surface area contributed by atoms with E-state index in [0.29, 0.717) is 23.4 Å². The van der Waals surface area contributed by atoms with E-state index < -0.39 is 0 Å². The van der Waals surface area contributed by atoms with Crippen molar-refractivity contribution >= 4 is 22.5 Å². The van der Waals surface area contributed by atoms with Gasteiger partial charge in [0.25, 0.3) is 5.91 Å². The minimum atomic E-state index is -0.382. The molecule has 158 valence electrons. The number of nitrogens with one attached hydrogen (secondary N) is 2. The number of piperidine rings is 1. The number of benzene rings is 1. The molecule has 2 N–H and O–H groups in total. The third kappa shape index (κ3) is 3.87.